The Hall–Kier alpha value is -1.28. The molecule has 0 saturated carbocycles. The number of aromatic amines is 1. The highest BCUT2D eigenvalue weighted by atomic mass is 35.5. The molecule has 0 spiro atoms. The van der Waals surface area contributed by atoms with E-state index in [0.717, 1.165) is 17.2 Å². The van der Waals surface area contributed by atoms with E-state index in [4.69, 9.17) is 11.6 Å². The van der Waals surface area contributed by atoms with Gasteiger partial charge in [-0.15, -0.1) is 0 Å². The zero-order chi connectivity index (χ0) is 8.55. The number of halogens is 1. The van der Waals surface area contributed by atoms with Gasteiger partial charge in [-0.2, -0.15) is 0 Å². The van der Waals surface area contributed by atoms with Crippen LogP contribution in [0.15, 0.2) is 24.3 Å². The first-order chi connectivity index (χ1) is 5.79. The van der Waals surface area contributed by atoms with Crippen molar-refractivity contribution in [2.45, 2.75) is 0 Å². The summed E-state index contributed by atoms with van der Waals surface area (Å²) in [6, 6.07) is 7.23. The molecule has 12 heavy (non-hydrogen) atoms. The van der Waals surface area contributed by atoms with E-state index in [-0.39, 0.29) is 0 Å². The lowest BCUT2D eigenvalue weighted by molar-refractivity contribution is 0.112. The molecule has 0 fully saturated rings. The van der Waals surface area contributed by atoms with Crippen LogP contribution < -0.4 is 0 Å². The number of benzene rings is 1. The Morgan fingerprint density at radius 3 is 2.92 bits per heavy atom. The van der Waals surface area contributed by atoms with E-state index in [1.807, 2.05) is 12.1 Å². The van der Waals surface area contributed by atoms with Gasteiger partial charge in [0.2, 0.25) is 0 Å². The Bertz CT molecular complexity index is 433. The molecule has 3 heteroatoms. The number of hydrogen-bond donors (Lipinski definition) is 1. The lowest BCUT2D eigenvalue weighted by Crippen LogP contribution is -1.74. The molecule has 0 unspecified atom stereocenters. The SMILES string of the molecule is O=Cc1cc2cc(Cl)ccc2[nH]1. The third-order valence-corrected chi connectivity index (χ3v) is 1.97. The zero-order valence-corrected chi connectivity index (χ0v) is 6.93. The number of fused-ring (bicyclic) bond motifs is 1. The number of hydrogen-bond acceptors (Lipinski definition) is 1. The van der Waals surface area contributed by atoms with E-state index in [0.29, 0.717) is 10.7 Å². The molecule has 0 radical (unpaired) electrons. The predicted octanol–water partition coefficient (Wildman–Crippen LogP) is 2.63. The average Bonchev–Trinajstić information content (AvgIpc) is 2.46. The third-order valence-electron chi connectivity index (χ3n) is 1.73. The number of nitrogens with one attached hydrogen (secondary N) is 1. The number of rotatable bonds is 1. The predicted molar refractivity (Wildman–Crippen MR) is 48.7 cm³/mol. The van der Waals surface area contributed by atoms with Crippen molar-refractivity contribution >= 4 is 28.8 Å². The molecule has 60 valence electrons. The van der Waals surface area contributed by atoms with Gasteiger partial charge in [-0.05, 0) is 24.3 Å². The van der Waals surface area contributed by atoms with Gasteiger partial charge in [-0.3, -0.25) is 4.79 Å². The average molecular weight is 180 g/mol. The standard InChI is InChI=1S/C9H6ClNO/c10-7-1-2-9-6(3-7)4-8(5-12)11-9/h1-5,11H. The van der Waals surface area contributed by atoms with E-state index in [9.17, 15) is 4.79 Å². The Kier molecular flexibility index (Phi) is 1.62. The van der Waals surface area contributed by atoms with Crippen LogP contribution in [0.3, 0.4) is 0 Å². The minimum Gasteiger partial charge on any atom is -0.352 e. The summed E-state index contributed by atoms with van der Waals surface area (Å²) in [5, 5.41) is 1.64. The highest BCUT2D eigenvalue weighted by Gasteiger charge is 1.98. The fraction of sp³-hybridized carbons (Fsp3) is 0. The summed E-state index contributed by atoms with van der Waals surface area (Å²) in [6.45, 7) is 0. The number of aromatic nitrogens is 1. The summed E-state index contributed by atoms with van der Waals surface area (Å²) >= 11 is 5.77. The second-order valence-electron chi connectivity index (χ2n) is 2.57. The van der Waals surface area contributed by atoms with Gasteiger partial charge in [0, 0.05) is 15.9 Å². The highest BCUT2D eigenvalue weighted by molar-refractivity contribution is 6.31. The van der Waals surface area contributed by atoms with Crippen LogP contribution in [0.5, 0.6) is 0 Å². The molecule has 1 aromatic heterocycles. The lowest BCUT2D eigenvalue weighted by atomic mass is 10.2. The quantitative estimate of drug-likeness (QED) is 0.671. The maximum Gasteiger partial charge on any atom is 0.166 e. The van der Waals surface area contributed by atoms with Gasteiger partial charge in [0.05, 0.1) is 5.69 Å². The molecule has 2 aromatic rings. The van der Waals surface area contributed by atoms with Gasteiger partial charge in [-0.1, -0.05) is 11.6 Å². The second-order valence-corrected chi connectivity index (χ2v) is 3.01. The van der Waals surface area contributed by atoms with Gasteiger partial charge >= 0.3 is 0 Å². The minimum atomic E-state index is 0.576. The summed E-state index contributed by atoms with van der Waals surface area (Å²) in [4.78, 5) is 13.3. The van der Waals surface area contributed by atoms with Crippen molar-refractivity contribution in [3.05, 3.63) is 35.0 Å². The molecule has 1 aromatic carbocycles. The topological polar surface area (TPSA) is 32.9 Å². The first-order valence-corrected chi connectivity index (χ1v) is 3.91. The van der Waals surface area contributed by atoms with Crippen LogP contribution in [0, 0.1) is 0 Å². The van der Waals surface area contributed by atoms with Crippen LogP contribution in [0.25, 0.3) is 10.9 Å². The fourth-order valence-electron chi connectivity index (χ4n) is 1.19. The van der Waals surface area contributed by atoms with Crippen molar-refractivity contribution in [1.29, 1.82) is 0 Å². The van der Waals surface area contributed by atoms with Crippen molar-refractivity contribution in [3.8, 4) is 0 Å². The Labute approximate surface area is 74.2 Å². The molecule has 0 aliphatic rings. The molecule has 2 rings (SSSR count). The van der Waals surface area contributed by atoms with Crippen LogP contribution in [-0.2, 0) is 0 Å². The molecule has 0 atom stereocenters. The van der Waals surface area contributed by atoms with E-state index < -0.39 is 0 Å². The Morgan fingerprint density at radius 1 is 1.33 bits per heavy atom. The first kappa shape index (κ1) is 7.37. The van der Waals surface area contributed by atoms with Crippen LogP contribution in [0.1, 0.15) is 10.5 Å². The number of aldehydes is 1. The van der Waals surface area contributed by atoms with Crippen molar-refractivity contribution in [1.82, 2.24) is 4.98 Å². The third kappa shape index (κ3) is 1.10. The molecule has 2 nitrogen and oxygen atoms in total. The first-order valence-electron chi connectivity index (χ1n) is 3.53. The van der Waals surface area contributed by atoms with Crippen molar-refractivity contribution in [3.63, 3.8) is 0 Å². The van der Waals surface area contributed by atoms with Crippen molar-refractivity contribution < 1.29 is 4.79 Å². The lowest BCUT2D eigenvalue weighted by Gasteiger charge is -1.88. The molecule has 1 heterocycles. The molecule has 0 aliphatic heterocycles. The number of carbonyl (C=O) groups excluding carboxylic acids is 1. The molecular formula is C9H6ClNO. The van der Waals surface area contributed by atoms with Crippen LogP contribution in [-0.4, -0.2) is 11.3 Å². The monoisotopic (exact) mass is 179 g/mol. The van der Waals surface area contributed by atoms with Crippen molar-refractivity contribution in [2.24, 2.45) is 0 Å². The van der Waals surface area contributed by atoms with Gasteiger partial charge in [-0.25, -0.2) is 0 Å². The maximum absolute atomic E-state index is 10.4. The maximum atomic E-state index is 10.4. The van der Waals surface area contributed by atoms with Gasteiger partial charge in [0.25, 0.3) is 0 Å². The second kappa shape index (κ2) is 2.64. The molecule has 0 aliphatic carbocycles. The van der Waals surface area contributed by atoms with Gasteiger partial charge in [0.15, 0.2) is 6.29 Å². The minimum absolute atomic E-state index is 0.576. The summed E-state index contributed by atoms with van der Waals surface area (Å²) in [5.74, 6) is 0. The molecule has 1 N–H and O–H groups in total. The summed E-state index contributed by atoms with van der Waals surface area (Å²) < 4.78 is 0. The van der Waals surface area contributed by atoms with E-state index >= 15 is 0 Å². The Balaban J connectivity index is 2.75. The molecular weight excluding hydrogens is 174 g/mol. The van der Waals surface area contributed by atoms with Crippen LogP contribution in [0.2, 0.25) is 5.02 Å². The highest BCUT2D eigenvalue weighted by Crippen LogP contribution is 2.19. The van der Waals surface area contributed by atoms with Gasteiger partial charge in [0.1, 0.15) is 0 Å². The summed E-state index contributed by atoms with van der Waals surface area (Å²) in [5.41, 5.74) is 1.51. The number of carbonyl (C=O) groups is 1. The van der Waals surface area contributed by atoms with Gasteiger partial charge < -0.3 is 4.98 Å². The summed E-state index contributed by atoms with van der Waals surface area (Å²) in [6.07, 6.45) is 0.786. The molecule has 0 bridgehead atoms. The largest absolute Gasteiger partial charge is 0.352 e. The van der Waals surface area contributed by atoms with Crippen LogP contribution >= 0.6 is 11.6 Å². The van der Waals surface area contributed by atoms with Crippen molar-refractivity contribution in [2.75, 3.05) is 0 Å². The smallest absolute Gasteiger partial charge is 0.166 e. The normalized spacial score (nSPS) is 10.4. The molecule has 0 amide bonds. The summed E-state index contributed by atoms with van der Waals surface area (Å²) in [7, 11) is 0. The van der Waals surface area contributed by atoms with E-state index in [2.05, 4.69) is 4.98 Å². The van der Waals surface area contributed by atoms with E-state index in [1.165, 1.54) is 0 Å². The van der Waals surface area contributed by atoms with E-state index in [1.54, 1.807) is 12.1 Å². The molecule has 0 saturated heterocycles. The number of H-pyrrole nitrogens is 1. The van der Waals surface area contributed by atoms with Crippen LogP contribution in [0.4, 0.5) is 0 Å². The fourth-order valence-corrected chi connectivity index (χ4v) is 1.37. The zero-order valence-electron chi connectivity index (χ0n) is 6.17. The Morgan fingerprint density at radius 2 is 2.17 bits per heavy atom.